The highest BCUT2D eigenvalue weighted by molar-refractivity contribution is 6.18. The van der Waals surface area contributed by atoms with Gasteiger partial charge in [-0.3, -0.25) is 4.79 Å². The molecule has 0 saturated heterocycles. The molecule has 0 bridgehead atoms. The van der Waals surface area contributed by atoms with Gasteiger partial charge in [0.15, 0.2) is 5.78 Å². The highest BCUT2D eigenvalue weighted by Crippen LogP contribution is 2.21. The summed E-state index contributed by atoms with van der Waals surface area (Å²) in [5.74, 6) is 0.713. The Balaban J connectivity index is 2.12. The Bertz CT molecular complexity index is 374. The second-order valence-electron chi connectivity index (χ2n) is 3.69. The fourth-order valence-electron chi connectivity index (χ4n) is 1.72. The summed E-state index contributed by atoms with van der Waals surface area (Å²) in [5, 5.41) is 0. The molecule has 0 atom stereocenters. The summed E-state index contributed by atoms with van der Waals surface area (Å²) in [6, 6.07) is 5.80. The average molecular weight is 225 g/mol. The minimum atomic E-state index is 0.172. The number of Topliss-reactive ketones (excluding diaryl/α,β-unsaturated/α-hetero) is 1. The lowest BCUT2D eigenvalue weighted by Crippen LogP contribution is -2.00. The van der Waals surface area contributed by atoms with E-state index in [0.717, 1.165) is 17.5 Å². The zero-order chi connectivity index (χ0) is 10.7. The second-order valence-corrected chi connectivity index (χ2v) is 4.07. The number of ketones is 1. The standard InChI is InChI=1S/C12H13ClO2/c13-5-1-2-12(14)9-3-4-10-7-15-8-11(10)6-9/h3-4,6H,1-2,5,7-8H2. The summed E-state index contributed by atoms with van der Waals surface area (Å²) in [4.78, 5) is 11.7. The summed E-state index contributed by atoms with van der Waals surface area (Å²) in [6.45, 7) is 1.30. The van der Waals surface area contributed by atoms with Crippen molar-refractivity contribution >= 4 is 17.4 Å². The number of fused-ring (bicyclic) bond motifs is 1. The molecule has 15 heavy (non-hydrogen) atoms. The summed E-state index contributed by atoms with van der Waals surface area (Å²) in [7, 11) is 0. The van der Waals surface area contributed by atoms with Gasteiger partial charge in [-0.1, -0.05) is 12.1 Å². The Morgan fingerprint density at radius 1 is 1.33 bits per heavy atom. The van der Waals surface area contributed by atoms with Crippen LogP contribution in [0, 0.1) is 0 Å². The quantitative estimate of drug-likeness (QED) is 0.581. The van der Waals surface area contributed by atoms with E-state index in [1.165, 1.54) is 5.56 Å². The first kappa shape index (κ1) is 10.7. The van der Waals surface area contributed by atoms with E-state index in [2.05, 4.69) is 0 Å². The number of carbonyl (C=O) groups is 1. The van der Waals surface area contributed by atoms with Crippen molar-refractivity contribution in [3.8, 4) is 0 Å². The van der Waals surface area contributed by atoms with Crippen LogP contribution in [0.4, 0.5) is 0 Å². The molecular weight excluding hydrogens is 212 g/mol. The lowest BCUT2D eigenvalue weighted by molar-refractivity contribution is 0.0982. The Morgan fingerprint density at radius 2 is 2.13 bits per heavy atom. The minimum absolute atomic E-state index is 0.172. The minimum Gasteiger partial charge on any atom is -0.372 e. The predicted octanol–water partition coefficient (Wildman–Crippen LogP) is 2.92. The van der Waals surface area contributed by atoms with E-state index in [1.807, 2.05) is 18.2 Å². The van der Waals surface area contributed by atoms with Crippen LogP contribution in [0.1, 0.15) is 34.3 Å². The molecule has 1 aromatic carbocycles. The van der Waals surface area contributed by atoms with Gasteiger partial charge in [-0.15, -0.1) is 11.6 Å². The van der Waals surface area contributed by atoms with Crippen molar-refractivity contribution in [3.63, 3.8) is 0 Å². The largest absolute Gasteiger partial charge is 0.372 e. The van der Waals surface area contributed by atoms with Crippen LogP contribution in [0.3, 0.4) is 0 Å². The van der Waals surface area contributed by atoms with Gasteiger partial charge in [0.2, 0.25) is 0 Å². The molecule has 1 aliphatic rings. The van der Waals surface area contributed by atoms with Gasteiger partial charge in [0.05, 0.1) is 13.2 Å². The Hall–Kier alpha value is -0.860. The van der Waals surface area contributed by atoms with Crippen LogP contribution in [0.5, 0.6) is 0 Å². The fraction of sp³-hybridized carbons (Fsp3) is 0.417. The second kappa shape index (κ2) is 4.77. The molecule has 0 spiro atoms. The van der Waals surface area contributed by atoms with Crippen LogP contribution in [0.25, 0.3) is 0 Å². The first-order chi connectivity index (χ1) is 7.31. The molecule has 0 aromatic heterocycles. The molecule has 0 fully saturated rings. The van der Waals surface area contributed by atoms with Crippen molar-refractivity contribution in [3.05, 3.63) is 34.9 Å². The van der Waals surface area contributed by atoms with Gasteiger partial charge < -0.3 is 4.74 Å². The molecule has 2 rings (SSSR count). The molecule has 1 heterocycles. The number of carbonyl (C=O) groups excluding carboxylic acids is 1. The molecule has 0 amide bonds. The number of hydrogen-bond acceptors (Lipinski definition) is 2. The highest BCUT2D eigenvalue weighted by atomic mass is 35.5. The Kier molecular flexibility index (Phi) is 3.39. The topological polar surface area (TPSA) is 26.3 Å². The average Bonchev–Trinajstić information content (AvgIpc) is 2.72. The van der Waals surface area contributed by atoms with Crippen molar-refractivity contribution in [2.75, 3.05) is 5.88 Å². The number of rotatable bonds is 4. The van der Waals surface area contributed by atoms with Crippen molar-refractivity contribution in [2.45, 2.75) is 26.1 Å². The maximum Gasteiger partial charge on any atom is 0.162 e. The maximum absolute atomic E-state index is 11.7. The molecule has 0 saturated carbocycles. The van der Waals surface area contributed by atoms with Gasteiger partial charge in [0.25, 0.3) is 0 Å². The molecule has 80 valence electrons. The van der Waals surface area contributed by atoms with Crippen molar-refractivity contribution < 1.29 is 9.53 Å². The van der Waals surface area contributed by atoms with Crippen LogP contribution in [0.2, 0.25) is 0 Å². The molecular formula is C12H13ClO2. The summed E-state index contributed by atoms with van der Waals surface area (Å²) in [6.07, 6.45) is 1.27. The first-order valence-electron chi connectivity index (χ1n) is 5.10. The number of benzene rings is 1. The molecule has 2 nitrogen and oxygen atoms in total. The fourth-order valence-corrected chi connectivity index (χ4v) is 1.85. The van der Waals surface area contributed by atoms with Gasteiger partial charge in [0, 0.05) is 17.9 Å². The zero-order valence-electron chi connectivity index (χ0n) is 8.46. The number of alkyl halides is 1. The molecule has 3 heteroatoms. The third-order valence-electron chi connectivity index (χ3n) is 2.58. The van der Waals surface area contributed by atoms with E-state index < -0.39 is 0 Å². The van der Waals surface area contributed by atoms with E-state index in [4.69, 9.17) is 16.3 Å². The molecule has 0 radical (unpaired) electrons. The van der Waals surface area contributed by atoms with Gasteiger partial charge in [-0.2, -0.15) is 0 Å². The van der Waals surface area contributed by atoms with E-state index in [0.29, 0.717) is 25.5 Å². The van der Waals surface area contributed by atoms with Gasteiger partial charge in [0.1, 0.15) is 0 Å². The summed E-state index contributed by atoms with van der Waals surface area (Å²) >= 11 is 5.55. The lowest BCUT2D eigenvalue weighted by Gasteiger charge is -2.02. The van der Waals surface area contributed by atoms with Crippen molar-refractivity contribution in [1.82, 2.24) is 0 Å². The molecule has 1 aromatic rings. The number of ether oxygens (including phenoxy) is 1. The molecule has 0 N–H and O–H groups in total. The van der Waals surface area contributed by atoms with E-state index >= 15 is 0 Å². The maximum atomic E-state index is 11.7. The van der Waals surface area contributed by atoms with Crippen LogP contribution < -0.4 is 0 Å². The lowest BCUT2D eigenvalue weighted by atomic mass is 10.0. The molecule has 0 aliphatic carbocycles. The predicted molar refractivity (Wildman–Crippen MR) is 59.2 cm³/mol. The molecule has 1 aliphatic heterocycles. The van der Waals surface area contributed by atoms with Crippen LogP contribution in [-0.4, -0.2) is 11.7 Å². The van der Waals surface area contributed by atoms with Crippen LogP contribution in [-0.2, 0) is 18.0 Å². The Morgan fingerprint density at radius 3 is 2.93 bits per heavy atom. The smallest absolute Gasteiger partial charge is 0.162 e. The van der Waals surface area contributed by atoms with Crippen LogP contribution in [0.15, 0.2) is 18.2 Å². The summed E-state index contributed by atoms with van der Waals surface area (Å²) < 4.78 is 5.30. The highest BCUT2D eigenvalue weighted by Gasteiger charge is 2.13. The zero-order valence-corrected chi connectivity index (χ0v) is 9.22. The van der Waals surface area contributed by atoms with E-state index in [1.54, 1.807) is 0 Å². The monoisotopic (exact) mass is 224 g/mol. The van der Waals surface area contributed by atoms with Gasteiger partial charge >= 0.3 is 0 Å². The van der Waals surface area contributed by atoms with E-state index in [-0.39, 0.29) is 5.78 Å². The van der Waals surface area contributed by atoms with Crippen molar-refractivity contribution in [1.29, 1.82) is 0 Å². The van der Waals surface area contributed by atoms with Gasteiger partial charge in [-0.05, 0) is 23.6 Å². The van der Waals surface area contributed by atoms with Crippen LogP contribution >= 0.6 is 11.6 Å². The first-order valence-corrected chi connectivity index (χ1v) is 5.63. The third-order valence-corrected chi connectivity index (χ3v) is 2.85. The Labute approximate surface area is 94.2 Å². The van der Waals surface area contributed by atoms with Crippen molar-refractivity contribution in [2.24, 2.45) is 0 Å². The van der Waals surface area contributed by atoms with Gasteiger partial charge in [-0.25, -0.2) is 0 Å². The third kappa shape index (κ3) is 2.39. The normalized spacial score (nSPS) is 13.9. The molecule has 0 unspecified atom stereocenters. The SMILES string of the molecule is O=C(CCCCl)c1ccc2c(c1)COC2. The number of halogens is 1. The number of hydrogen-bond donors (Lipinski definition) is 0. The summed E-state index contributed by atoms with van der Waals surface area (Å²) in [5.41, 5.74) is 3.12. The van der Waals surface area contributed by atoms with E-state index in [9.17, 15) is 4.79 Å².